The standard InChI is InChI=1S/C33H31N5O5/c1-42-32(40)28-27(22-9-5-3-6-10-22)26(21-34)30(35)38(29(28)33(41)43-2)25-15-13-24(14-16-25)36-17-19-37(20-18-36)31(39)23-11-7-4-8-12-23/h3-16,27H,17-20,35H2,1-2H3. The molecule has 1 saturated heterocycles. The summed E-state index contributed by atoms with van der Waals surface area (Å²) in [6.45, 7) is 2.42. The van der Waals surface area contributed by atoms with Crippen molar-refractivity contribution in [2.45, 2.75) is 5.92 Å². The van der Waals surface area contributed by atoms with Crippen LogP contribution in [0.15, 0.2) is 108 Å². The first-order chi connectivity index (χ1) is 20.9. The number of amides is 1. The van der Waals surface area contributed by atoms with Crippen LogP contribution in [0, 0.1) is 11.3 Å². The fraction of sp³-hybridized carbons (Fsp3) is 0.212. The third-order valence-corrected chi connectivity index (χ3v) is 7.67. The van der Waals surface area contributed by atoms with Gasteiger partial charge in [0.25, 0.3) is 5.91 Å². The summed E-state index contributed by atoms with van der Waals surface area (Å²) < 4.78 is 10.2. The summed E-state index contributed by atoms with van der Waals surface area (Å²) in [5.74, 6) is -2.50. The number of hydrogen-bond acceptors (Lipinski definition) is 9. The molecule has 1 amide bonds. The maximum Gasteiger partial charge on any atom is 0.355 e. The Balaban J connectivity index is 1.47. The van der Waals surface area contributed by atoms with Gasteiger partial charge < -0.3 is 25.0 Å². The molecule has 10 nitrogen and oxygen atoms in total. The number of ether oxygens (including phenoxy) is 2. The second-order valence-electron chi connectivity index (χ2n) is 10.00. The van der Waals surface area contributed by atoms with Crippen LogP contribution in [0.3, 0.4) is 0 Å². The maximum absolute atomic E-state index is 13.3. The van der Waals surface area contributed by atoms with Crippen LogP contribution >= 0.6 is 0 Å². The molecule has 3 aromatic rings. The first kappa shape index (κ1) is 29.0. The summed E-state index contributed by atoms with van der Waals surface area (Å²) in [4.78, 5) is 44.7. The van der Waals surface area contributed by atoms with Gasteiger partial charge in [-0.3, -0.25) is 9.69 Å². The molecule has 0 bridgehead atoms. The van der Waals surface area contributed by atoms with Crippen molar-refractivity contribution in [3.05, 3.63) is 119 Å². The van der Waals surface area contributed by atoms with Crippen LogP contribution in [-0.2, 0) is 19.1 Å². The molecule has 3 aromatic carbocycles. The zero-order valence-electron chi connectivity index (χ0n) is 23.9. The summed E-state index contributed by atoms with van der Waals surface area (Å²) in [5, 5.41) is 10.2. The van der Waals surface area contributed by atoms with E-state index in [9.17, 15) is 19.6 Å². The smallest absolute Gasteiger partial charge is 0.355 e. The van der Waals surface area contributed by atoms with Crippen molar-refractivity contribution in [1.82, 2.24) is 4.90 Å². The molecule has 1 atom stereocenters. The normalized spacial score (nSPS) is 17.0. The van der Waals surface area contributed by atoms with Gasteiger partial charge in [-0.2, -0.15) is 5.26 Å². The van der Waals surface area contributed by atoms with E-state index < -0.39 is 17.9 Å². The van der Waals surface area contributed by atoms with Crippen molar-refractivity contribution in [2.24, 2.45) is 5.73 Å². The Kier molecular flexibility index (Phi) is 8.44. The van der Waals surface area contributed by atoms with E-state index in [0.717, 1.165) is 5.69 Å². The van der Waals surface area contributed by atoms with Gasteiger partial charge in [0, 0.05) is 43.1 Å². The third-order valence-electron chi connectivity index (χ3n) is 7.67. The van der Waals surface area contributed by atoms with E-state index in [2.05, 4.69) is 11.0 Å². The Bertz CT molecular complexity index is 1620. The Morgan fingerprint density at radius 1 is 0.791 bits per heavy atom. The van der Waals surface area contributed by atoms with Crippen molar-refractivity contribution in [3.63, 3.8) is 0 Å². The van der Waals surface area contributed by atoms with Crippen LogP contribution in [0.5, 0.6) is 0 Å². The SMILES string of the molecule is COC(=O)C1=C(C(=O)OC)N(c2ccc(N3CCN(C(=O)c4ccccc4)CC3)cc2)C(N)=C(C#N)C1c1ccccc1. The molecule has 2 N–H and O–H groups in total. The first-order valence-electron chi connectivity index (χ1n) is 13.7. The fourth-order valence-electron chi connectivity index (χ4n) is 5.53. The number of benzene rings is 3. The number of piperazine rings is 1. The average Bonchev–Trinajstić information content (AvgIpc) is 3.07. The van der Waals surface area contributed by atoms with Gasteiger partial charge in [-0.1, -0.05) is 48.5 Å². The number of nitrogens with zero attached hydrogens (tertiary/aromatic N) is 4. The van der Waals surface area contributed by atoms with Gasteiger partial charge in [-0.05, 0) is 42.0 Å². The van der Waals surface area contributed by atoms with Crippen molar-refractivity contribution in [1.29, 1.82) is 5.26 Å². The summed E-state index contributed by atoms with van der Waals surface area (Å²) >= 11 is 0. The molecule has 2 aliphatic heterocycles. The lowest BCUT2D eigenvalue weighted by Crippen LogP contribution is -2.48. The van der Waals surface area contributed by atoms with Gasteiger partial charge in [0.2, 0.25) is 0 Å². The lowest BCUT2D eigenvalue weighted by Gasteiger charge is -2.37. The van der Waals surface area contributed by atoms with E-state index in [4.69, 9.17) is 15.2 Å². The Morgan fingerprint density at radius 2 is 1.35 bits per heavy atom. The minimum Gasteiger partial charge on any atom is -0.466 e. The second kappa shape index (κ2) is 12.5. The molecule has 2 heterocycles. The molecule has 1 unspecified atom stereocenters. The fourth-order valence-corrected chi connectivity index (χ4v) is 5.53. The molecule has 0 saturated carbocycles. The lowest BCUT2D eigenvalue weighted by atomic mass is 9.81. The Morgan fingerprint density at radius 3 is 1.91 bits per heavy atom. The van der Waals surface area contributed by atoms with Crippen molar-refractivity contribution in [3.8, 4) is 6.07 Å². The molecular weight excluding hydrogens is 546 g/mol. The van der Waals surface area contributed by atoms with Gasteiger partial charge in [-0.15, -0.1) is 0 Å². The largest absolute Gasteiger partial charge is 0.466 e. The number of nitrogens with two attached hydrogens (primary N) is 1. The highest BCUT2D eigenvalue weighted by molar-refractivity contribution is 6.06. The zero-order valence-corrected chi connectivity index (χ0v) is 23.9. The van der Waals surface area contributed by atoms with E-state index >= 15 is 0 Å². The molecule has 0 spiro atoms. The summed E-state index contributed by atoms with van der Waals surface area (Å²) in [6, 6.07) is 27.5. The molecule has 5 rings (SSSR count). The molecule has 218 valence electrons. The maximum atomic E-state index is 13.3. The minimum absolute atomic E-state index is 0.00481. The van der Waals surface area contributed by atoms with Crippen LogP contribution in [-0.4, -0.2) is 63.1 Å². The number of allylic oxidation sites excluding steroid dienone is 1. The number of hydrogen-bond donors (Lipinski definition) is 1. The molecule has 43 heavy (non-hydrogen) atoms. The Hall–Kier alpha value is -5.56. The van der Waals surface area contributed by atoms with Crippen LogP contribution in [0.25, 0.3) is 0 Å². The minimum atomic E-state index is -0.932. The molecular formula is C33H31N5O5. The quantitative estimate of drug-likeness (QED) is 0.437. The van der Waals surface area contributed by atoms with E-state index in [0.29, 0.717) is 43.0 Å². The number of methoxy groups -OCH3 is 2. The number of carbonyl (C=O) groups is 3. The number of anilines is 2. The average molecular weight is 578 g/mol. The molecule has 10 heteroatoms. The molecule has 0 aliphatic carbocycles. The molecule has 0 radical (unpaired) electrons. The number of rotatable bonds is 6. The van der Waals surface area contributed by atoms with Gasteiger partial charge >= 0.3 is 11.9 Å². The highest BCUT2D eigenvalue weighted by Crippen LogP contribution is 2.43. The van der Waals surface area contributed by atoms with Gasteiger partial charge in [0.1, 0.15) is 11.5 Å². The topological polar surface area (TPSA) is 129 Å². The molecule has 2 aliphatic rings. The second-order valence-corrected chi connectivity index (χ2v) is 10.00. The zero-order chi connectivity index (χ0) is 30.5. The number of carbonyl (C=O) groups excluding carboxylic acids is 3. The number of esters is 2. The summed E-state index contributed by atoms with van der Waals surface area (Å²) in [7, 11) is 2.43. The predicted molar refractivity (Wildman–Crippen MR) is 161 cm³/mol. The van der Waals surface area contributed by atoms with Gasteiger partial charge in [0.05, 0.1) is 37.4 Å². The first-order valence-corrected chi connectivity index (χ1v) is 13.7. The van der Waals surface area contributed by atoms with E-state index in [1.807, 2.05) is 53.4 Å². The lowest BCUT2D eigenvalue weighted by molar-refractivity contribution is -0.139. The van der Waals surface area contributed by atoms with Crippen LogP contribution in [0.4, 0.5) is 11.4 Å². The van der Waals surface area contributed by atoms with Crippen LogP contribution < -0.4 is 15.5 Å². The van der Waals surface area contributed by atoms with Crippen LogP contribution in [0.1, 0.15) is 21.8 Å². The summed E-state index contributed by atoms with van der Waals surface area (Å²) in [6.07, 6.45) is 0. The highest BCUT2D eigenvalue weighted by atomic mass is 16.5. The van der Waals surface area contributed by atoms with E-state index in [-0.39, 0.29) is 28.6 Å². The monoisotopic (exact) mass is 577 g/mol. The summed E-state index contributed by atoms with van der Waals surface area (Å²) in [5.41, 5.74) is 9.16. The number of nitriles is 1. The van der Waals surface area contributed by atoms with Crippen molar-refractivity contribution in [2.75, 3.05) is 50.2 Å². The highest BCUT2D eigenvalue weighted by Gasteiger charge is 2.43. The van der Waals surface area contributed by atoms with Gasteiger partial charge in [-0.25, -0.2) is 9.59 Å². The van der Waals surface area contributed by atoms with E-state index in [1.165, 1.54) is 19.1 Å². The molecule has 1 fully saturated rings. The predicted octanol–water partition coefficient (Wildman–Crippen LogP) is 3.55. The Labute approximate surface area is 249 Å². The van der Waals surface area contributed by atoms with Crippen LogP contribution in [0.2, 0.25) is 0 Å². The van der Waals surface area contributed by atoms with E-state index in [1.54, 1.807) is 36.4 Å². The van der Waals surface area contributed by atoms with Crippen molar-refractivity contribution >= 4 is 29.2 Å². The third kappa shape index (κ3) is 5.53. The van der Waals surface area contributed by atoms with Crippen molar-refractivity contribution < 1.29 is 23.9 Å². The van der Waals surface area contributed by atoms with Gasteiger partial charge in [0.15, 0.2) is 0 Å². The molecule has 0 aromatic heterocycles.